The summed E-state index contributed by atoms with van der Waals surface area (Å²) in [5.74, 6) is -1.87. The third kappa shape index (κ3) is 3.35. The average Bonchev–Trinajstić information content (AvgIpc) is 2.21. The van der Waals surface area contributed by atoms with Crippen molar-refractivity contribution in [3.05, 3.63) is 11.6 Å². The fraction of sp³-hybridized carbons (Fsp3) is 0.714. The number of hydrogen-bond acceptors (Lipinski definition) is 3. The molecule has 19 heavy (non-hydrogen) atoms. The van der Waals surface area contributed by atoms with Gasteiger partial charge in [-0.25, -0.2) is 4.79 Å². The minimum absolute atomic E-state index is 0.112. The van der Waals surface area contributed by atoms with E-state index in [2.05, 4.69) is 39.6 Å². The smallest absolute Gasteiger partial charge is 0.328 e. The molecule has 1 heterocycles. The Morgan fingerprint density at radius 2 is 1.63 bits per heavy atom. The fourth-order valence-electron chi connectivity index (χ4n) is 3.11. The fourth-order valence-corrected chi connectivity index (χ4v) is 3.11. The lowest BCUT2D eigenvalue weighted by Gasteiger charge is -2.53. The van der Waals surface area contributed by atoms with Gasteiger partial charge in [-0.05, 0) is 53.5 Å². The number of carbonyl (C=O) groups excluding carboxylic acids is 1. The van der Waals surface area contributed by atoms with Gasteiger partial charge in [0.1, 0.15) is 0 Å². The first-order valence-corrected chi connectivity index (χ1v) is 6.45. The molecule has 0 atom stereocenters. The molecule has 0 saturated carbocycles. The first-order chi connectivity index (χ1) is 8.47. The van der Waals surface area contributed by atoms with Crippen molar-refractivity contribution in [2.45, 2.75) is 51.6 Å². The molecule has 0 radical (unpaired) electrons. The Balaban J connectivity index is 3.14. The van der Waals surface area contributed by atoms with Crippen LogP contribution in [0.2, 0.25) is 0 Å². The zero-order valence-corrected chi connectivity index (χ0v) is 12.4. The Bertz CT molecular complexity index is 406. The van der Waals surface area contributed by atoms with Crippen molar-refractivity contribution < 1.29 is 14.7 Å². The molecule has 3 N–H and O–H groups in total. The largest absolute Gasteiger partial charge is 0.478 e. The first kappa shape index (κ1) is 15.7. The number of carboxylic acids is 1. The van der Waals surface area contributed by atoms with E-state index in [1.807, 2.05) is 0 Å². The van der Waals surface area contributed by atoms with Gasteiger partial charge in [0, 0.05) is 22.7 Å². The van der Waals surface area contributed by atoms with Crippen LogP contribution in [0.3, 0.4) is 0 Å². The normalized spacial score (nSPS) is 24.2. The summed E-state index contributed by atoms with van der Waals surface area (Å²) in [6.45, 7) is 8.39. The van der Waals surface area contributed by atoms with Gasteiger partial charge in [-0.1, -0.05) is 0 Å². The Morgan fingerprint density at radius 3 is 1.95 bits per heavy atom. The number of likely N-dealkylation sites (tertiary alicyclic amines) is 1. The second-order valence-electron chi connectivity index (χ2n) is 6.59. The molecule has 5 heteroatoms. The number of piperidine rings is 1. The first-order valence-electron chi connectivity index (χ1n) is 6.45. The molecule has 1 fully saturated rings. The van der Waals surface area contributed by atoms with E-state index in [0.29, 0.717) is 0 Å². The van der Waals surface area contributed by atoms with Crippen LogP contribution in [0.15, 0.2) is 11.6 Å². The standard InChI is InChI=1S/C14H24N2O3/c1-13(2)7-9(8-14(3,4)16(13)5)10(12(15)19)6-11(17)18/h6,9H,7-8H2,1-5H3,(H2,15,19)(H,17,18)/b10-6+. The molecular formula is C14H24N2O3. The molecule has 108 valence electrons. The Kier molecular flexibility index (Phi) is 4.10. The van der Waals surface area contributed by atoms with Crippen LogP contribution in [0.4, 0.5) is 0 Å². The van der Waals surface area contributed by atoms with Crippen molar-refractivity contribution in [1.29, 1.82) is 0 Å². The van der Waals surface area contributed by atoms with Crippen molar-refractivity contribution in [1.82, 2.24) is 4.90 Å². The second kappa shape index (κ2) is 4.96. The molecule has 1 amide bonds. The second-order valence-corrected chi connectivity index (χ2v) is 6.59. The van der Waals surface area contributed by atoms with E-state index in [1.54, 1.807) is 0 Å². The lowest BCUT2D eigenvalue weighted by Crippen LogP contribution is -2.59. The summed E-state index contributed by atoms with van der Waals surface area (Å²) in [6.07, 6.45) is 2.40. The molecule has 1 aliphatic rings. The molecule has 5 nitrogen and oxygen atoms in total. The number of primary amides is 1. The molecule has 0 bridgehead atoms. The summed E-state index contributed by atoms with van der Waals surface area (Å²) in [6, 6.07) is 0. The van der Waals surface area contributed by atoms with E-state index in [0.717, 1.165) is 18.9 Å². The molecule has 0 aliphatic carbocycles. The zero-order valence-electron chi connectivity index (χ0n) is 12.4. The predicted molar refractivity (Wildman–Crippen MR) is 73.6 cm³/mol. The zero-order chi connectivity index (χ0) is 15.0. The van der Waals surface area contributed by atoms with Gasteiger partial charge < -0.3 is 10.8 Å². The molecule has 0 aromatic rings. The van der Waals surface area contributed by atoms with Gasteiger partial charge in [0.15, 0.2) is 0 Å². The molecule has 0 aromatic carbocycles. The molecule has 1 saturated heterocycles. The number of carboxylic acid groups (broad SMARTS) is 1. The molecule has 0 aromatic heterocycles. The minimum atomic E-state index is -1.12. The number of hydrogen-bond donors (Lipinski definition) is 2. The van der Waals surface area contributed by atoms with Crippen LogP contribution >= 0.6 is 0 Å². The maximum absolute atomic E-state index is 11.5. The highest BCUT2D eigenvalue weighted by Crippen LogP contribution is 2.42. The Hall–Kier alpha value is -1.36. The van der Waals surface area contributed by atoms with Gasteiger partial charge in [0.05, 0.1) is 0 Å². The van der Waals surface area contributed by atoms with Crippen LogP contribution < -0.4 is 5.73 Å². The summed E-state index contributed by atoms with van der Waals surface area (Å²) < 4.78 is 0. The third-order valence-corrected chi connectivity index (χ3v) is 4.31. The Labute approximate surface area is 114 Å². The summed E-state index contributed by atoms with van der Waals surface area (Å²) in [5.41, 5.74) is 5.34. The lowest BCUT2D eigenvalue weighted by atomic mass is 9.71. The van der Waals surface area contributed by atoms with E-state index >= 15 is 0 Å². The van der Waals surface area contributed by atoms with Crippen LogP contribution in [-0.2, 0) is 9.59 Å². The SMILES string of the molecule is CN1C(C)(C)CC(/C(=C\C(=O)O)C(N)=O)CC1(C)C. The predicted octanol–water partition coefficient (Wildman–Crippen LogP) is 1.38. The highest BCUT2D eigenvalue weighted by molar-refractivity contribution is 5.98. The maximum atomic E-state index is 11.5. The van der Waals surface area contributed by atoms with Crippen LogP contribution in [0, 0.1) is 5.92 Å². The molecular weight excluding hydrogens is 244 g/mol. The number of aliphatic carboxylic acids is 1. The van der Waals surface area contributed by atoms with Gasteiger partial charge in [-0.3, -0.25) is 9.69 Å². The highest BCUT2D eigenvalue weighted by Gasteiger charge is 2.44. The minimum Gasteiger partial charge on any atom is -0.478 e. The van der Waals surface area contributed by atoms with Gasteiger partial charge in [0.2, 0.25) is 5.91 Å². The number of amides is 1. The van der Waals surface area contributed by atoms with Crippen LogP contribution in [-0.4, -0.2) is 40.0 Å². The van der Waals surface area contributed by atoms with E-state index < -0.39 is 11.9 Å². The van der Waals surface area contributed by atoms with Crippen molar-refractivity contribution >= 4 is 11.9 Å². The highest BCUT2D eigenvalue weighted by atomic mass is 16.4. The summed E-state index contributed by atoms with van der Waals surface area (Å²) in [5, 5.41) is 8.88. The Morgan fingerprint density at radius 1 is 1.21 bits per heavy atom. The summed E-state index contributed by atoms with van der Waals surface area (Å²) >= 11 is 0. The van der Waals surface area contributed by atoms with E-state index in [1.165, 1.54) is 0 Å². The van der Waals surface area contributed by atoms with Crippen molar-refractivity contribution in [2.24, 2.45) is 11.7 Å². The van der Waals surface area contributed by atoms with Crippen LogP contribution in [0.1, 0.15) is 40.5 Å². The van der Waals surface area contributed by atoms with Crippen LogP contribution in [0.25, 0.3) is 0 Å². The number of rotatable bonds is 3. The van der Waals surface area contributed by atoms with E-state index in [9.17, 15) is 9.59 Å². The molecule has 0 unspecified atom stereocenters. The number of nitrogens with two attached hydrogens (primary N) is 1. The summed E-state index contributed by atoms with van der Waals surface area (Å²) in [4.78, 5) is 24.6. The van der Waals surface area contributed by atoms with E-state index in [4.69, 9.17) is 10.8 Å². The van der Waals surface area contributed by atoms with Gasteiger partial charge in [-0.15, -0.1) is 0 Å². The van der Waals surface area contributed by atoms with Crippen molar-refractivity contribution in [3.63, 3.8) is 0 Å². The van der Waals surface area contributed by atoms with Gasteiger partial charge >= 0.3 is 5.97 Å². The quantitative estimate of drug-likeness (QED) is 0.757. The van der Waals surface area contributed by atoms with Crippen molar-refractivity contribution in [2.75, 3.05) is 7.05 Å². The van der Waals surface area contributed by atoms with Crippen LogP contribution in [0.5, 0.6) is 0 Å². The summed E-state index contributed by atoms with van der Waals surface area (Å²) in [7, 11) is 2.06. The molecule has 0 spiro atoms. The third-order valence-electron chi connectivity index (χ3n) is 4.31. The maximum Gasteiger partial charge on any atom is 0.328 e. The lowest BCUT2D eigenvalue weighted by molar-refractivity contribution is -0.132. The van der Waals surface area contributed by atoms with E-state index in [-0.39, 0.29) is 22.6 Å². The molecule has 1 rings (SSSR count). The average molecular weight is 268 g/mol. The topological polar surface area (TPSA) is 83.6 Å². The number of nitrogens with zero attached hydrogens (tertiary/aromatic N) is 1. The van der Waals surface area contributed by atoms with Gasteiger partial charge in [0.25, 0.3) is 0 Å². The van der Waals surface area contributed by atoms with Gasteiger partial charge in [-0.2, -0.15) is 0 Å². The number of carbonyl (C=O) groups is 2. The van der Waals surface area contributed by atoms with Crippen molar-refractivity contribution in [3.8, 4) is 0 Å². The monoisotopic (exact) mass is 268 g/mol. The molecule has 1 aliphatic heterocycles.